The Balaban J connectivity index is 1.88. The summed E-state index contributed by atoms with van der Waals surface area (Å²) in [7, 11) is 0. The van der Waals surface area contributed by atoms with Crippen molar-refractivity contribution in [3.05, 3.63) is 47.5 Å². The maximum Gasteiger partial charge on any atom is 0.208 e. The number of phenolic OH excluding ortho intramolecular Hbond substituents is 2. The first-order chi connectivity index (χ1) is 11.1. The zero-order chi connectivity index (χ0) is 16.4. The molecule has 0 radical (unpaired) electrons. The Bertz CT molecular complexity index is 766. The molecule has 0 unspecified atom stereocenters. The molecule has 0 saturated carbocycles. The summed E-state index contributed by atoms with van der Waals surface area (Å²) in [4.78, 5) is 24.4. The molecule has 0 atom stereocenters. The number of benzene rings is 2. The van der Waals surface area contributed by atoms with E-state index < -0.39 is 18.0 Å². The number of hydrogen-bond donors (Lipinski definition) is 2. The minimum absolute atomic E-state index is 0.000291. The van der Waals surface area contributed by atoms with Gasteiger partial charge in [0.1, 0.15) is 13.2 Å². The van der Waals surface area contributed by atoms with Crippen LogP contribution < -0.4 is 9.47 Å². The molecule has 0 saturated heterocycles. The van der Waals surface area contributed by atoms with Gasteiger partial charge in [-0.2, -0.15) is 0 Å². The van der Waals surface area contributed by atoms with E-state index in [0.29, 0.717) is 5.56 Å². The quantitative estimate of drug-likeness (QED) is 0.511. The maximum absolute atomic E-state index is 12.3. The lowest BCUT2D eigenvalue weighted by Crippen LogP contribution is -2.17. The number of aromatic hydroxyl groups is 2. The van der Waals surface area contributed by atoms with Gasteiger partial charge in [0.15, 0.2) is 23.1 Å². The van der Waals surface area contributed by atoms with Gasteiger partial charge in [-0.3, -0.25) is 9.59 Å². The van der Waals surface area contributed by atoms with Crippen molar-refractivity contribution < 1.29 is 29.3 Å². The van der Waals surface area contributed by atoms with Crippen LogP contribution in [0.4, 0.5) is 0 Å². The predicted molar refractivity (Wildman–Crippen MR) is 80.5 cm³/mol. The molecule has 2 N–H and O–H groups in total. The molecule has 0 aliphatic carbocycles. The van der Waals surface area contributed by atoms with Gasteiger partial charge >= 0.3 is 0 Å². The Kier molecular flexibility index (Phi) is 3.89. The zero-order valence-electron chi connectivity index (χ0n) is 12.1. The summed E-state index contributed by atoms with van der Waals surface area (Å²) < 4.78 is 10.5. The van der Waals surface area contributed by atoms with Gasteiger partial charge in [0.05, 0.1) is 12.0 Å². The van der Waals surface area contributed by atoms with Crippen molar-refractivity contribution in [2.24, 2.45) is 0 Å². The highest BCUT2D eigenvalue weighted by Gasteiger charge is 2.27. The first-order valence-electron chi connectivity index (χ1n) is 7.04. The molecule has 0 amide bonds. The number of carbonyl (C=O) groups excluding carboxylic acids is 2. The van der Waals surface area contributed by atoms with Crippen LogP contribution in [0.5, 0.6) is 23.0 Å². The fourth-order valence-corrected chi connectivity index (χ4v) is 2.36. The van der Waals surface area contributed by atoms with Crippen molar-refractivity contribution >= 4 is 11.6 Å². The highest BCUT2D eigenvalue weighted by Crippen LogP contribution is 2.47. The van der Waals surface area contributed by atoms with E-state index in [-0.39, 0.29) is 41.8 Å². The third-order valence-corrected chi connectivity index (χ3v) is 3.48. The molecule has 23 heavy (non-hydrogen) atoms. The zero-order valence-corrected chi connectivity index (χ0v) is 12.1. The predicted octanol–water partition coefficient (Wildman–Crippen LogP) is 2.32. The van der Waals surface area contributed by atoms with E-state index in [2.05, 4.69) is 0 Å². The molecule has 2 aromatic carbocycles. The summed E-state index contributed by atoms with van der Waals surface area (Å²) in [6, 6.07) is 9.47. The first kappa shape index (κ1) is 14.9. The number of ether oxygens (including phenoxy) is 2. The number of phenols is 2. The van der Waals surface area contributed by atoms with Crippen LogP contribution >= 0.6 is 0 Å². The fourth-order valence-electron chi connectivity index (χ4n) is 2.36. The van der Waals surface area contributed by atoms with Crippen molar-refractivity contribution in [1.29, 1.82) is 0 Å². The van der Waals surface area contributed by atoms with Crippen LogP contribution in [0.1, 0.15) is 27.1 Å². The van der Waals surface area contributed by atoms with E-state index in [0.717, 1.165) is 6.07 Å². The van der Waals surface area contributed by atoms with E-state index in [1.165, 1.54) is 0 Å². The molecule has 1 aliphatic heterocycles. The molecule has 118 valence electrons. The normalized spacial score (nSPS) is 12.7. The number of fused-ring (bicyclic) bond motifs is 1. The molecule has 2 aromatic rings. The van der Waals surface area contributed by atoms with Crippen molar-refractivity contribution in [3.63, 3.8) is 0 Å². The van der Waals surface area contributed by atoms with E-state index in [9.17, 15) is 19.8 Å². The van der Waals surface area contributed by atoms with Gasteiger partial charge in [-0.1, -0.05) is 30.3 Å². The maximum atomic E-state index is 12.3. The van der Waals surface area contributed by atoms with E-state index in [1.807, 2.05) is 0 Å². The SMILES string of the molecule is O=C(CC(=O)c1cc(O)c2c(c1O)OCCO2)c1ccccc1. The van der Waals surface area contributed by atoms with Crippen LogP contribution in [0.25, 0.3) is 0 Å². The molecule has 0 bridgehead atoms. The van der Waals surface area contributed by atoms with Crippen molar-refractivity contribution in [2.45, 2.75) is 6.42 Å². The van der Waals surface area contributed by atoms with Gasteiger partial charge in [0, 0.05) is 5.56 Å². The molecular formula is C17H14O6. The molecule has 0 spiro atoms. The number of ketones is 2. The van der Waals surface area contributed by atoms with Crippen LogP contribution in [0, 0.1) is 0 Å². The second-order valence-electron chi connectivity index (χ2n) is 5.04. The summed E-state index contributed by atoms with van der Waals surface area (Å²) in [5, 5.41) is 20.1. The van der Waals surface area contributed by atoms with E-state index in [1.54, 1.807) is 30.3 Å². The molecule has 6 heteroatoms. The Hall–Kier alpha value is -3.02. The Morgan fingerprint density at radius 1 is 0.957 bits per heavy atom. The summed E-state index contributed by atoms with van der Waals surface area (Å²) in [6.07, 6.45) is -0.420. The van der Waals surface area contributed by atoms with Gasteiger partial charge in [0.2, 0.25) is 11.5 Å². The standard InChI is InChI=1S/C17H14O6/c18-12(10-4-2-1-3-5-10)9-13(19)11-8-14(20)16-17(15(11)21)23-7-6-22-16/h1-5,8,20-21H,6-7,9H2. The van der Waals surface area contributed by atoms with Gasteiger partial charge in [-0.05, 0) is 6.07 Å². The smallest absolute Gasteiger partial charge is 0.208 e. The molecule has 1 aliphatic rings. The Labute approximate surface area is 131 Å². The van der Waals surface area contributed by atoms with Crippen LogP contribution in [0.15, 0.2) is 36.4 Å². The minimum atomic E-state index is -0.608. The molecule has 6 nitrogen and oxygen atoms in total. The van der Waals surface area contributed by atoms with Crippen molar-refractivity contribution in [2.75, 3.05) is 13.2 Å². The number of carbonyl (C=O) groups is 2. The number of Topliss-reactive ketones (excluding diaryl/α,β-unsaturated/α-hetero) is 2. The lowest BCUT2D eigenvalue weighted by molar-refractivity contribution is 0.0891. The van der Waals surface area contributed by atoms with E-state index >= 15 is 0 Å². The second kappa shape index (κ2) is 6.00. The third kappa shape index (κ3) is 2.83. The average molecular weight is 314 g/mol. The number of rotatable bonds is 4. The lowest BCUT2D eigenvalue weighted by Gasteiger charge is -2.21. The summed E-state index contributed by atoms with van der Waals surface area (Å²) in [5.41, 5.74) is 0.234. The van der Waals surface area contributed by atoms with Gasteiger partial charge in [-0.25, -0.2) is 0 Å². The van der Waals surface area contributed by atoms with E-state index in [4.69, 9.17) is 9.47 Å². The first-order valence-corrected chi connectivity index (χ1v) is 7.04. The van der Waals surface area contributed by atoms with Gasteiger partial charge < -0.3 is 19.7 Å². The molecule has 3 rings (SSSR count). The summed E-state index contributed by atoms with van der Waals surface area (Å²) >= 11 is 0. The highest BCUT2D eigenvalue weighted by molar-refractivity contribution is 6.15. The number of hydrogen-bond acceptors (Lipinski definition) is 6. The molecule has 0 aromatic heterocycles. The Morgan fingerprint density at radius 3 is 2.30 bits per heavy atom. The molecule has 0 fully saturated rings. The monoisotopic (exact) mass is 314 g/mol. The van der Waals surface area contributed by atoms with Crippen molar-refractivity contribution in [1.82, 2.24) is 0 Å². The van der Waals surface area contributed by atoms with Crippen LogP contribution in [-0.4, -0.2) is 35.0 Å². The van der Waals surface area contributed by atoms with Gasteiger partial charge in [-0.15, -0.1) is 0 Å². The largest absolute Gasteiger partial charge is 0.504 e. The third-order valence-electron chi connectivity index (χ3n) is 3.48. The highest BCUT2D eigenvalue weighted by atomic mass is 16.6. The average Bonchev–Trinajstić information content (AvgIpc) is 2.58. The van der Waals surface area contributed by atoms with Crippen molar-refractivity contribution in [3.8, 4) is 23.0 Å². The van der Waals surface area contributed by atoms with Crippen LogP contribution in [0.3, 0.4) is 0 Å². The summed E-state index contributed by atoms with van der Waals surface area (Å²) in [5.74, 6) is -1.80. The topological polar surface area (TPSA) is 93.1 Å². The van der Waals surface area contributed by atoms with Crippen LogP contribution in [0.2, 0.25) is 0 Å². The minimum Gasteiger partial charge on any atom is -0.504 e. The second-order valence-corrected chi connectivity index (χ2v) is 5.04. The van der Waals surface area contributed by atoms with Gasteiger partial charge in [0.25, 0.3) is 0 Å². The molecular weight excluding hydrogens is 300 g/mol. The van der Waals surface area contributed by atoms with Crippen LogP contribution in [-0.2, 0) is 0 Å². The summed E-state index contributed by atoms with van der Waals surface area (Å²) in [6.45, 7) is 0.431. The fraction of sp³-hybridized carbons (Fsp3) is 0.176. The Morgan fingerprint density at radius 2 is 1.61 bits per heavy atom. The lowest BCUT2D eigenvalue weighted by atomic mass is 10.00. The molecule has 1 heterocycles.